The lowest BCUT2D eigenvalue weighted by atomic mass is 9.95. The third-order valence-corrected chi connectivity index (χ3v) is 4.85. The highest BCUT2D eigenvalue weighted by molar-refractivity contribution is 6.31. The SMILES string of the molecule is CNC(=O)C1CCN([C@H](C)C(=O)NCc2ccccc2Cl)CC1. The highest BCUT2D eigenvalue weighted by atomic mass is 35.5. The molecule has 2 amide bonds. The second kappa shape index (κ2) is 8.31. The van der Waals surface area contributed by atoms with E-state index in [0.29, 0.717) is 11.6 Å². The molecule has 0 bridgehead atoms. The molecule has 1 aliphatic rings. The first-order valence-electron chi connectivity index (χ1n) is 7.99. The van der Waals surface area contributed by atoms with Gasteiger partial charge in [-0.2, -0.15) is 0 Å². The van der Waals surface area contributed by atoms with E-state index in [9.17, 15) is 9.59 Å². The molecule has 1 saturated heterocycles. The average Bonchev–Trinajstić information content (AvgIpc) is 2.59. The Morgan fingerprint density at radius 2 is 1.96 bits per heavy atom. The van der Waals surface area contributed by atoms with Crippen LogP contribution < -0.4 is 10.6 Å². The lowest BCUT2D eigenvalue weighted by Gasteiger charge is -2.34. The Balaban J connectivity index is 1.81. The largest absolute Gasteiger partial charge is 0.359 e. The number of rotatable bonds is 5. The monoisotopic (exact) mass is 337 g/mol. The van der Waals surface area contributed by atoms with Gasteiger partial charge in [0.2, 0.25) is 11.8 Å². The predicted molar refractivity (Wildman–Crippen MR) is 91.1 cm³/mol. The van der Waals surface area contributed by atoms with Crippen molar-refractivity contribution in [3.05, 3.63) is 34.9 Å². The molecule has 0 unspecified atom stereocenters. The number of carbonyl (C=O) groups excluding carboxylic acids is 2. The highest BCUT2D eigenvalue weighted by Gasteiger charge is 2.29. The molecule has 0 radical (unpaired) electrons. The van der Waals surface area contributed by atoms with Crippen LogP contribution in [0.2, 0.25) is 5.02 Å². The van der Waals surface area contributed by atoms with Crippen molar-refractivity contribution in [3.8, 4) is 0 Å². The number of benzene rings is 1. The molecule has 0 aromatic heterocycles. The van der Waals surface area contributed by atoms with Crippen LogP contribution in [0.4, 0.5) is 0 Å². The molecule has 1 fully saturated rings. The van der Waals surface area contributed by atoms with Crippen LogP contribution in [0.3, 0.4) is 0 Å². The van der Waals surface area contributed by atoms with Gasteiger partial charge in [-0.25, -0.2) is 0 Å². The maximum atomic E-state index is 12.3. The number of piperidine rings is 1. The molecule has 2 N–H and O–H groups in total. The number of halogens is 1. The molecular weight excluding hydrogens is 314 g/mol. The maximum Gasteiger partial charge on any atom is 0.237 e. The predicted octanol–water partition coefficient (Wildman–Crippen LogP) is 1.80. The molecule has 6 heteroatoms. The van der Waals surface area contributed by atoms with Crippen LogP contribution in [0.5, 0.6) is 0 Å². The van der Waals surface area contributed by atoms with Crippen LogP contribution >= 0.6 is 11.6 Å². The van der Waals surface area contributed by atoms with E-state index in [0.717, 1.165) is 31.5 Å². The zero-order valence-electron chi connectivity index (χ0n) is 13.6. The Labute approximate surface area is 142 Å². The van der Waals surface area contributed by atoms with E-state index < -0.39 is 0 Å². The first-order valence-corrected chi connectivity index (χ1v) is 8.37. The van der Waals surface area contributed by atoms with Gasteiger partial charge in [-0.1, -0.05) is 29.8 Å². The number of likely N-dealkylation sites (tertiary alicyclic amines) is 1. The Morgan fingerprint density at radius 3 is 2.57 bits per heavy atom. The van der Waals surface area contributed by atoms with Gasteiger partial charge >= 0.3 is 0 Å². The first kappa shape index (κ1) is 17.8. The molecule has 1 aromatic rings. The number of nitrogens with one attached hydrogen (secondary N) is 2. The molecule has 1 atom stereocenters. The van der Waals surface area contributed by atoms with E-state index in [-0.39, 0.29) is 23.8 Å². The Hall–Kier alpha value is -1.59. The number of nitrogens with zero attached hydrogens (tertiary/aromatic N) is 1. The summed E-state index contributed by atoms with van der Waals surface area (Å²) in [6.45, 7) is 3.86. The molecule has 0 saturated carbocycles. The summed E-state index contributed by atoms with van der Waals surface area (Å²) in [7, 11) is 1.67. The third kappa shape index (κ3) is 4.69. The van der Waals surface area contributed by atoms with E-state index in [4.69, 9.17) is 11.6 Å². The van der Waals surface area contributed by atoms with Gasteiger partial charge in [0.05, 0.1) is 6.04 Å². The molecule has 1 aromatic carbocycles. The molecule has 1 heterocycles. The maximum absolute atomic E-state index is 12.3. The van der Waals surface area contributed by atoms with E-state index in [1.54, 1.807) is 7.05 Å². The summed E-state index contributed by atoms with van der Waals surface area (Å²) in [5, 5.41) is 6.29. The first-order chi connectivity index (χ1) is 11.0. The third-order valence-electron chi connectivity index (χ3n) is 4.48. The molecule has 1 aliphatic heterocycles. The van der Waals surface area contributed by atoms with Crippen molar-refractivity contribution in [2.45, 2.75) is 32.4 Å². The average molecular weight is 338 g/mol. The topological polar surface area (TPSA) is 61.4 Å². The number of hydrogen-bond acceptors (Lipinski definition) is 3. The summed E-state index contributed by atoms with van der Waals surface area (Å²) < 4.78 is 0. The standard InChI is InChI=1S/C17H24ClN3O2/c1-12(21-9-7-13(8-10-21)17(23)19-2)16(22)20-11-14-5-3-4-6-15(14)18/h3-6,12-13H,7-11H2,1-2H3,(H,19,23)(H,20,22)/t12-/m1/s1. The van der Waals surface area contributed by atoms with Gasteiger partial charge in [-0.05, 0) is 44.5 Å². The second-order valence-corrected chi connectivity index (χ2v) is 6.32. The van der Waals surface area contributed by atoms with Crippen molar-refractivity contribution in [3.63, 3.8) is 0 Å². The summed E-state index contributed by atoms with van der Waals surface area (Å²) in [5.74, 6) is 0.151. The van der Waals surface area contributed by atoms with Crippen molar-refractivity contribution in [1.82, 2.24) is 15.5 Å². The fourth-order valence-electron chi connectivity index (χ4n) is 2.89. The summed E-state index contributed by atoms with van der Waals surface area (Å²) >= 11 is 6.10. The van der Waals surface area contributed by atoms with Gasteiger partial charge in [-0.15, -0.1) is 0 Å². The Bertz CT molecular complexity index is 557. The van der Waals surface area contributed by atoms with Crippen LogP contribution in [0.15, 0.2) is 24.3 Å². The van der Waals surface area contributed by atoms with Crippen molar-refractivity contribution in [2.75, 3.05) is 20.1 Å². The summed E-state index contributed by atoms with van der Waals surface area (Å²) in [6, 6.07) is 7.29. The lowest BCUT2D eigenvalue weighted by Crippen LogP contribution is -2.49. The number of hydrogen-bond donors (Lipinski definition) is 2. The van der Waals surface area contributed by atoms with Crippen molar-refractivity contribution < 1.29 is 9.59 Å². The number of carbonyl (C=O) groups is 2. The van der Waals surface area contributed by atoms with Crippen molar-refractivity contribution in [2.24, 2.45) is 5.92 Å². The smallest absolute Gasteiger partial charge is 0.237 e. The van der Waals surface area contributed by atoms with E-state index >= 15 is 0 Å². The minimum absolute atomic E-state index is 0.0108. The fraction of sp³-hybridized carbons (Fsp3) is 0.529. The molecular formula is C17H24ClN3O2. The molecule has 23 heavy (non-hydrogen) atoms. The summed E-state index contributed by atoms with van der Waals surface area (Å²) in [4.78, 5) is 26.1. The van der Waals surface area contributed by atoms with Gasteiger partial charge in [0, 0.05) is 24.5 Å². The van der Waals surface area contributed by atoms with Crippen LogP contribution in [0, 0.1) is 5.92 Å². The van der Waals surface area contributed by atoms with E-state index in [1.165, 1.54) is 0 Å². The van der Waals surface area contributed by atoms with Crippen molar-refractivity contribution in [1.29, 1.82) is 0 Å². The fourth-order valence-corrected chi connectivity index (χ4v) is 3.09. The van der Waals surface area contributed by atoms with Gasteiger partial charge in [0.1, 0.15) is 0 Å². The quantitative estimate of drug-likeness (QED) is 0.861. The lowest BCUT2D eigenvalue weighted by molar-refractivity contribution is -0.128. The van der Waals surface area contributed by atoms with Gasteiger partial charge < -0.3 is 10.6 Å². The highest BCUT2D eigenvalue weighted by Crippen LogP contribution is 2.19. The second-order valence-electron chi connectivity index (χ2n) is 5.91. The summed E-state index contributed by atoms with van der Waals surface area (Å²) in [6.07, 6.45) is 1.59. The minimum Gasteiger partial charge on any atom is -0.359 e. The van der Waals surface area contributed by atoms with Crippen LogP contribution in [0.25, 0.3) is 0 Å². The summed E-state index contributed by atoms with van der Waals surface area (Å²) in [5.41, 5.74) is 0.910. The van der Waals surface area contributed by atoms with Gasteiger partial charge in [0.15, 0.2) is 0 Å². The molecule has 2 rings (SSSR count). The zero-order chi connectivity index (χ0) is 16.8. The van der Waals surface area contributed by atoms with Gasteiger partial charge in [0.25, 0.3) is 0 Å². The van der Waals surface area contributed by atoms with Crippen LogP contribution in [0.1, 0.15) is 25.3 Å². The molecule has 0 spiro atoms. The van der Waals surface area contributed by atoms with Crippen molar-refractivity contribution >= 4 is 23.4 Å². The van der Waals surface area contributed by atoms with Gasteiger partial charge in [-0.3, -0.25) is 14.5 Å². The zero-order valence-corrected chi connectivity index (χ0v) is 14.4. The number of amides is 2. The van der Waals surface area contributed by atoms with E-state index in [2.05, 4.69) is 15.5 Å². The minimum atomic E-state index is -0.205. The normalized spacial score (nSPS) is 17.5. The molecule has 0 aliphatic carbocycles. The van der Waals surface area contributed by atoms with Crippen LogP contribution in [-0.2, 0) is 16.1 Å². The Kier molecular flexibility index (Phi) is 6.42. The Morgan fingerprint density at radius 1 is 1.30 bits per heavy atom. The van der Waals surface area contributed by atoms with Crippen LogP contribution in [-0.4, -0.2) is 42.9 Å². The molecule has 126 valence electrons. The molecule has 5 nitrogen and oxygen atoms in total. The van der Waals surface area contributed by atoms with E-state index in [1.807, 2.05) is 31.2 Å².